The zero-order valence-electron chi connectivity index (χ0n) is 28.4. The molecule has 51 heavy (non-hydrogen) atoms. The summed E-state index contributed by atoms with van der Waals surface area (Å²) in [6.07, 6.45) is 4.22. The number of ether oxygens (including phenoxy) is 1. The van der Waals surface area contributed by atoms with Crippen molar-refractivity contribution >= 4 is 45.3 Å². The largest absolute Gasteiger partial charge is 0.534 e. The number of hydrogen-bond acceptors (Lipinski definition) is 7. The smallest absolute Gasteiger partial charge is 0.497 e. The second-order valence-corrected chi connectivity index (χ2v) is 19.2. The number of nitrogens with zero attached hydrogens (tertiary/aromatic N) is 3. The predicted octanol–water partition coefficient (Wildman–Crippen LogP) is 7.32. The molecule has 1 unspecified atom stereocenters. The Morgan fingerprint density at radius 3 is 2.10 bits per heavy atom. The summed E-state index contributed by atoms with van der Waals surface area (Å²) < 4.78 is 83.7. The maximum atomic E-state index is 13.5. The molecular weight excluding hydrogens is 696 g/mol. The number of aromatic nitrogens is 2. The number of benzene rings is 4. The molecule has 0 radical (unpaired) electrons. The van der Waals surface area contributed by atoms with Crippen molar-refractivity contribution in [2.75, 3.05) is 7.11 Å². The zero-order chi connectivity index (χ0) is 36.6. The first-order valence-corrected chi connectivity index (χ1v) is 19.5. The van der Waals surface area contributed by atoms with Crippen molar-refractivity contribution < 1.29 is 34.9 Å². The number of rotatable bonds is 10. The van der Waals surface area contributed by atoms with Gasteiger partial charge in [-0.3, -0.25) is 4.68 Å². The molecule has 1 atom stereocenters. The Bertz CT molecular complexity index is 2190. The average Bonchev–Trinajstić information content (AvgIpc) is 3.74. The maximum absolute atomic E-state index is 13.5. The maximum Gasteiger partial charge on any atom is 0.534 e. The highest BCUT2D eigenvalue weighted by Crippen LogP contribution is 2.43. The summed E-state index contributed by atoms with van der Waals surface area (Å²) in [5, 5.41) is 17.0. The first-order chi connectivity index (χ1) is 24.2. The standard InChI is InChI=1S/C38H36F3N3O5SSi/c1-37(2,3)51(30-11-7-5-8-12-30,31-13-9-6-10-14-31)49-29-20-17-27(21-29)32-22-35(48-50(45,46)38(39,40)41)33(23-42)36-34(32)25-44(43-36)24-26-15-18-28(47-4)19-16-26/h5-19,22,25,29H,20-21,24H2,1-4H3. The second kappa shape index (κ2) is 13.7. The molecule has 1 heterocycles. The van der Waals surface area contributed by atoms with Crippen LogP contribution in [0.15, 0.2) is 103 Å². The summed E-state index contributed by atoms with van der Waals surface area (Å²) in [7, 11) is -7.49. The highest BCUT2D eigenvalue weighted by molar-refractivity contribution is 7.88. The molecule has 264 valence electrons. The fourth-order valence-electron chi connectivity index (χ4n) is 6.74. The Morgan fingerprint density at radius 2 is 1.57 bits per heavy atom. The molecule has 0 fully saturated rings. The number of hydrogen-bond donors (Lipinski definition) is 0. The number of nitriles is 1. The van der Waals surface area contributed by atoms with Crippen molar-refractivity contribution in [3.05, 3.63) is 120 Å². The lowest BCUT2D eigenvalue weighted by molar-refractivity contribution is -0.0500. The van der Waals surface area contributed by atoms with E-state index in [1.54, 1.807) is 30.1 Å². The van der Waals surface area contributed by atoms with Crippen LogP contribution in [0.25, 0.3) is 16.5 Å². The van der Waals surface area contributed by atoms with Crippen LogP contribution in [0.2, 0.25) is 5.04 Å². The Morgan fingerprint density at radius 1 is 0.961 bits per heavy atom. The van der Waals surface area contributed by atoms with Crippen LogP contribution in [0, 0.1) is 11.3 Å². The van der Waals surface area contributed by atoms with Crippen molar-refractivity contribution in [3.63, 3.8) is 0 Å². The minimum atomic E-state index is -6.09. The van der Waals surface area contributed by atoms with Gasteiger partial charge in [0.1, 0.15) is 22.9 Å². The van der Waals surface area contributed by atoms with E-state index >= 15 is 0 Å². The molecule has 0 spiro atoms. The molecule has 6 rings (SSSR count). The van der Waals surface area contributed by atoms with E-state index in [1.165, 1.54) is 6.07 Å². The molecule has 5 aromatic rings. The molecule has 1 aliphatic carbocycles. The van der Waals surface area contributed by atoms with Crippen LogP contribution < -0.4 is 19.3 Å². The van der Waals surface area contributed by atoms with Gasteiger partial charge in [-0.1, -0.05) is 99.6 Å². The van der Waals surface area contributed by atoms with E-state index in [0.717, 1.165) is 15.9 Å². The molecule has 0 bridgehead atoms. The van der Waals surface area contributed by atoms with Gasteiger partial charge in [0.05, 0.1) is 19.8 Å². The fraction of sp³-hybridized carbons (Fsp3) is 0.263. The number of alkyl halides is 3. The van der Waals surface area contributed by atoms with Crippen LogP contribution in [0.3, 0.4) is 0 Å². The van der Waals surface area contributed by atoms with E-state index in [1.807, 2.05) is 60.7 Å². The third-order valence-electron chi connectivity index (χ3n) is 9.09. The third-order valence-corrected chi connectivity index (χ3v) is 15.1. The fourth-order valence-corrected chi connectivity index (χ4v) is 11.9. The Kier molecular flexibility index (Phi) is 9.62. The minimum absolute atomic E-state index is 0.0214. The van der Waals surface area contributed by atoms with Crippen molar-refractivity contribution in [2.24, 2.45) is 0 Å². The van der Waals surface area contributed by atoms with Gasteiger partial charge in [0, 0.05) is 11.6 Å². The van der Waals surface area contributed by atoms with Gasteiger partial charge in [-0.25, -0.2) is 0 Å². The summed E-state index contributed by atoms with van der Waals surface area (Å²) in [5.41, 5.74) is -4.14. The Labute approximate surface area is 296 Å². The number of halogens is 3. The van der Waals surface area contributed by atoms with E-state index in [-0.39, 0.29) is 23.2 Å². The molecule has 0 amide bonds. The monoisotopic (exact) mass is 731 g/mol. The van der Waals surface area contributed by atoms with Crippen molar-refractivity contribution in [1.82, 2.24) is 9.78 Å². The van der Waals surface area contributed by atoms with Crippen LogP contribution in [0.5, 0.6) is 11.5 Å². The minimum Gasteiger partial charge on any atom is -0.497 e. The van der Waals surface area contributed by atoms with Gasteiger partial charge in [0.25, 0.3) is 8.32 Å². The summed E-state index contributed by atoms with van der Waals surface area (Å²) in [6.45, 7) is 6.79. The van der Waals surface area contributed by atoms with E-state index in [9.17, 15) is 26.9 Å². The van der Waals surface area contributed by atoms with Crippen LogP contribution in [-0.2, 0) is 21.1 Å². The van der Waals surface area contributed by atoms with E-state index in [2.05, 4.69) is 54.3 Å². The molecule has 0 saturated carbocycles. The molecule has 0 aliphatic heterocycles. The Balaban J connectivity index is 1.43. The normalized spacial score (nSPS) is 15.4. The molecule has 1 aliphatic rings. The third kappa shape index (κ3) is 6.91. The summed E-state index contributed by atoms with van der Waals surface area (Å²) in [6, 6.07) is 30.6. The lowest BCUT2D eigenvalue weighted by Crippen LogP contribution is -2.67. The van der Waals surface area contributed by atoms with Gasteiger partial charge >= 0.3 is 15.6 Å². The number of fused-ring (bicyclic) bond motifs is 1. The molecule has 0 saturated heterocycles. The SMILES string of the molecule is COc1ccc(Cn2cc3c(C4=CCC(O[Si](c5ccccc5)(c5ccccc5)C(C)(C)C)C4)cc(OS(=O)(=O)C(F)(F)F)c(C#N)c3n2)cc1. The molecule has 0 N–H and O–H groups in total. The van der Waals surface area contributed by atoms with Gasteiger partial charge in [-0.2, -0.15) is 31.9 Å². The highest BCUT2D eigenvalue weighted by atomic mass is 32.2. The lowest BCUT2D eigenvalue weighted by Gasteiger charge is -2.44. The zero-order valence-corrected chi connectivity index (χ0v) is 30.3. The predicted molar refractivity (Wildman–Crippen MR) is 192 cm³/mol. The molecule has 8 nitrogen and oxygen atoms in total. The molecule has 1 aromatic heterocycles. The average molecular weight is 732 g/mol. The Hall–Kier alpha value is -4.90. The van der Waals surface area contributed by atoms with Gasteiger partial charge < -0.3 is 13.3 Å². The van der Waals surface area contributed by atoms with Crippen molar-refractivity contribution in [2.45, 2.75) is 56.8 Å². The lowest BCUT2D eigenvalue weighted by atomic mass is 9.98. The van der Waals surface area contributed by atoms with Crippen LogP contribution >= 0.6 is 0 Å². The van der Waals surface area contributed by atoms with Gasteiger partial charge in [0.15, 0.2) is 5.75 Å². The van der Waals surface area contributed by atoms with Crippen molar-refractivity contribution in [1.29, 1.82) is 5.26 Å². The van der Waals surface area contributed by atoms with E-state index in [4.69, 9.17) is 9.16 Å². The highest BCUT2D eigenvalue weighted by Gasteiger charge is 2.52. The van der Waals surface area contributed by atoms with Crippen molar-refractivity contribution in [3.8, 4) is 17.6 Å². The van der Waals surface area contributed by atoms with Crippen LogP contribution in [-0.4, -0.2) is 45.2 Å². The van der Waals surface area contributed by atoms with Gasteiger partial charge in [-0.05, 0) is 63.2 Å². The number of methoxy groups -OCH3 is 1. The summed E-state index contributed by atoms with van der Waals surface area (Å²) in [4.78, 5) is 0. The van der Waals surface area contributed by atoms with Gasteiger partial charge in [-0.15, -0.1) is 0 Å². The second-order valence-electron chi connectivity index (χ2n) is 13.4. The molecule has 13 heteroatoms. The van der Waals surface area contributed by atoms with E-state index in [0.29, 0.717) is 35.1 Å². The molecule has 4 aromatic carbocycles. The van der Waals surface area contributed by atoms with E-state index < -0.39 is 35.3 Å². The quantitative estimate of drug-likeness (QED) is 0.0843. The summed E-state index contributed by atoms with van der Waals surface area (Å²) in [5.74, 6) is -0.0848. The van der Waals surface area contributed by atoms with Crippen LogP contribution in [0.4, 0.5) is 13.2 Å². The first kappa shape index (κ1) is 35.9. The van der Waals surface area contributed by atoms with Gasteiger partial charge in [0.2, 0.25) is 0 Å². The molecular formula is C38H36F3N3O5SSi. The first-order valence-electron chi connectivity index (χ1n) is 16.2. The summed E-state index contributed by atoms with van der Waals surface area (Å²) >= 11 is 0. The topological polar surface area (TPSA) is 103 Å². The van der Waals surface area contributed by atoms with Crippen LogP contribution in [0.1, 0.15) is 50.3 Å².